The number of hydrogen-bond acceptors (Lipinski definition) is 3. The van der Waals surface area contributed by atoms with Crippen molar-refractivity contribution in [3.63, 3.8) is 0 Å². The fraction of sp³-hybridized carbons (Fsp3) is 0.889. The minimum atomic E-state index is -0.149. The molecule has 70 valence electrons. The van der Waals surface area contributed by atoms with E-state index in [4.69, 9.17) is 5.73 Å². The summed E-state index contributed by atoms with van der Waals surface area (Å²) in [6.45, 7) is 0.0174. The average molecular weight is 171 g/mol. The molecule has 1 fully saturated rings. The van der Waals surface area contributed by atoms with Crippen LogP contribution in [-0.2, 0) is 9.53 Å². The van der Waals surface area contributed by atoms with Gasteiger partial charge in [0.1, 0.15) is 6.73 Å². The highest BCUT2D eigenvalue weighted by Gasteiger charge is 2.16. The van der Waals surface area contributed by atoms with Crippen molar-refractivity contribution in [1.82, 2.24) is 0 Å². The molecule has 0 bridgehead atoms. The Kier molecular flexibility index (Phi) is 4.08. The van der Waals surface area contributed by atoms with Gasteiger partial charge in [-0.05, 0) is 12.3 Å². The van der Waals surface area contributed by atoms with Gasteiger partial charge in [0, 0.05) is 6.42 Å². The van der Waals surface area contributed by atoms with Crippen molar-refractivity contribution in [2.75, 3.05) is 6.73 Å². The van der Waals surface area contributed by atoms with E-state index >= 15 is 0 Å². The zero-order valence-corrected chi connectivity index (χ0v) is 7.42. The van der Waals surface area contributed by atoms with E-state index in [-0.39, 0.29) is 12.7 Å². The summed E-state index contributed by atoms with van der Waals surface area (Å²) in [6.07, 6.45) is 6.76. The van der Waals surface area contributed by atoms with Gasteiger partial charge in [0.2, 0.25) is 0 Å². The number of carbonyl (C=O) groups is 1. The van der Waals surface area contributed by atoms with Gasteiger partial charge in [-0.25, -0.2) is 0 Å². The molecule has 2 N–H and O–H groups in total. The number of hydrogen-bond donors (Lipinski definition) is 1. The van der Waals surface area contributed by atoms with Crippen LogP contribution in [0.25, 0.3) is 0 Å². The predicted molar refractivity (Wildman–Crippen MR) is 46.3 cm³/mol. The highest BCUT2D eigenvalue weighted by molar-refractivity contribution is 5.69. The average Bonchev–Trinajstić information content (AvgIpc) is 2.53. The lowest BCUT2D eigenvalue weighted by molar-refractivity contribution is -0.143. The van der Waals surface area contributed by atoms with Crippen molar-refractivity contribution in [3.8, 4) is 0 Å². The predicted octanol–water partition coefficient (Wildman–Crippen LogP) is 1.42. The summed E-state index contributed by atoms with van der Waals surface area (Å²) >= 11 is 0. The fourth-order valence-electron chi connectivity index (χ4n) is 1.79. The largest absolute Gasteiger partial charge is 0.450 e. The number of ether oxygens (including phenoxy) is 1. The molecule has 0 aromatic rings. The van der Waals surface area contributed by atoms with Crippen molar-refractivity contribution in [3.05, 3.63) is 0 Å². The Morgan fingerprint density at radius 2 is 2.08 bits per heavy atom. The molecule has 0 aromatic carbocycles. The van der Waals surface area contributed by atoms with E-state index in [1.54, 1.807) is 0 Å². The Bertz CT molecular complexity index is 141. The smallest absolute Gasteiger partial charge is 0.307 e. The van der Waals surface area contributed by atoms with Crippen LogP contribution in [0.15, 0.2) is 0 Å². The van der Waals surface area contributed by atoms with E-state index < -0.39 is 0 Å². The number of esters is 1. The Labute approximate surface area is 73.3 Å². The second-order valence-electron chi connectivity index (χ2n) is 3.37. The first-order valence-electron chi connectivity index (χ1n) is 4.68. The van der Waals surface area contributed by atoms with Gasteiger partial charge >= 0.3 is 5.97 Å². The Morgan fingerprint density at radius 3 is 2.67 bits per heavy atom. The van der Waals surface area contributed by atoms with Crippen LogP contribution in [0.5, 0.6) is 0 Å². The van der Waals surface area contributed by atoms with Crippen LogP contribution in [0, 0.1) is 5.92 Å². The standard InChI is InChI=1S/C9H17NO2/c10-7-12-9(11)6-5-8-3-1-2-4-8/h8H,1-7,10H2. The molecule has 12 heavy (non-hydrogen) atoms. The molecule has 1 saturated carbocycles. The van der Waals surface area contributed by atoms with Gasteiger partial charge in [-0.1, -0.05) is 25.7 Å². The topological polar surface area (TPSA) is 52.3 Å². The fourth-order valence-corrected chi connectivity index (χ4v) is 1.79. The van der Waals surface area contributed by atoms with E-state index in [1.165, 1.54) is 25.7 Å². The highest BCUT2D eigenvalue weighted by Crippen LogP contribution is 2.28. The van der Waals surface area contributed by atoms with Gasteiger partial charge in [-0.2, -0.15) is 0 Å². The minimum Gasteiger partial charge on any atom is -0.450 e. The van der Waals surface area contributed by atoms with Crippen LogP contribution < -0.4 is 5.73 Å². The maximum absolute atomic E-state index is 10.9. The summed E-state index contributed by atoms with van der Waals surface area (Å²) in [4.78, 5) is 10.9. The molecule has 1 rings (SSSR count). The summed E-state index contributed by atoms with van der Waals surface area (Å²) in [5.74, 6) is 0.611. The molecule has 0 spiro atoms. The highest BCUT2D eigenvalue weighted by atomic mass is 16.5. The van der Waals surface area contributed by atoms with Gasteiger partial charge in [0.25, 0.3) is 0 Å². The summed E-state index contributed by atoms with van der Waals surface area (Å²) < 4.78 is 4.64. The molecule has 1 aliphatic carbocycles. The van der Waals surface area contributed by atoms with Crippen molar-refractivity contribution in [1.29, 1.82) is 0 Å². The first-order valence-corrected chi connectivity index (χ1v) is 4.68. The zero-order valence-electron chi connectivity index (χ0n) is 7.42. The Balaban J connectivity index is 2.03. The van der Waals surface area contributed by atoms with Gasteiger partial charge in [0.15, 0.2) is 0 Å². The van der Waals surface area contributed by atoms with Crippen LogP contribution in [0.2, 0.25) is 0 Å². The summed E-state index contributed by atoms with van der Waals surface area (Å²) in [7, 11) is 0. The normalized spacial score (nSPS) is 18.1. The molecule has 0 unspecified atom stereocenters. The molecule has 0 aliphatic heterocycles. The third-order valence-corrected chi connectivity index (χ3v) is 2.48. The zero-order chi connectivity index (χ0) is 8.81. The molecule has 0 radical (unpaired) electrons. The van der Waals surface area contributed by atoms with E-state index in [9.17, 15) is 4.79 Å². The van der Waals surface area contributed by atoms with Gasteiger partial charge in [0.05, 0.1) is 0 Å². The molecule has 0 aromatic heterocycles. The number of nitrogens with two attached hydrogens (primary N) is 1. The molecule has 0 amide bonds. The number of rotatable bonds is 4. The molecule has 0 atom stereocenters. The van der Waals surface area contributed by atoms with Crippen LogP contribution in [0.3, 0.4) is 0 Å². The molecular weight excluding hydrogens is 154 g/mol. The van der Waals surface area contributed by atoms with Crippen molar-refractivity contribution < 1.29 is 9.53 Å². The Morgan fingerprint density at radius 1 is 1.42 bits per heavy atom. The monoisotopic (exact) mass is 171 g/mol. The third-order valence-electron chi connectivity index (χ3n) is 2.48. The van der Waals surface area contributed by atoms with Crippen LogP contribution in [0.1, 0.15) is 38.5 Å². The summed E-state index contributed by atoms with van der Waals surface area (Å²) in [5.41, 5.74) is 5.07. The molecule has 3 nitrogen and oxygen atoms in total. The summed E-state index contributed by atoms with van der Waals surface area (Å²) in [6, 6.07) is 0. The van der Waals surface area contributed by atoms with Crippen LogP contribution >= 0.6 is 0 Å². The first kappa shape index (κ1) is 9.52. The lowest BCUT2D eigenvalue weighted by Crippen LogP contribution is -2.12. The minimum absolute atomic E-state index is 0.0174. The van der Waals surface area contributed by atoms with E-state index in [0.29, 0.717) is 6.42 Å². The molecule has 1 aliphatic rings. The lowest BCUT2D eigenvalue weighted by Gasteiger charge is -2.06. The Hall–Kier alpha value is -0.570. The SMILES string of the molecule is NCOC(=O)CCC1CCCC1. The first-order chi connectivity index (χ1) is 5.83. The molecule has 3 heteroatoms. The second-order valence-corrected chi connectivity index (χ2v) is 3.37. The summed E-state index contributed by atoms with van der Waals surface area (Å²) in [5, 5.41) is 0. The lowest BCUT2D eigenvalue weighted by atomic mass is 10.0. The van der Waals surface area contributed by atoms with Crippen LogP contribution in [-0.4, -0.2) is 12.7 Å². The van der Waals surface area contributed by atoms with E-state index in [1.807, 2.05) is 0 Å². The molecule has 0 heterocycles. The number of carbonyl (C=O) groups excluding carboxylic acids is 1. The van der Waals surface area contributed by atoms with Crippen molar-refractivity contribution >= 4 is 5.97 Å². The van der Waals surface area contributed by atoms with Crippen molar-refractivity contribution in [2.24, 2.45) is 11.7 Å². The second kappa shape index (κ2) is 5.14. The van der Waals surface area contributed by atoms with Gasteiger partial charge in [-0.15, -0.1) is 0 Å². The maximum atomic E-state index is 10.9. The molecular formula is C9H17NO2. The maximum Gasteiger partial charge on any atom is 0.307 e. The van der Waals surface area contributed by atoms with Gasteiger partial charge < -0.3 is 4.74 Å². The molecule has 0 saturated heterocycles. The van der Waals surface area contributed by atoms with E-state index in [0.717, 1.165) is 12.3 Å². The van der Waals surface area contributed by atoms with Crippen molar-refractivity contribution in [2.45, 2.75) is 38.5 Å². The van der Waals surface area contributed by atoms with Crippen LogP contribution in [0.4, 0.5) is 0 Å². The van der Waals surface area contributed by atoms with E-state index in [2.05, 4.69) is 4.74 Å². The van der Waals surface area contributed by atoms with Gasteiger partial charge in [-0.3, -0.25) is 10.5 Å². The third kappa shape index (κ3) is 3.22. The quantitative estimate of drug-likeness (QED) is 0.514.